The van der Waals surface area contributed by atoms with Gasteiger partial charge in [0.15, 0.2) is 12.2 Å². The van der Waals surface area contributed by atoms with E-state index in [2.05, 4.69) is 4.98 Å². The van der Waals surface area contributed by atoms with E-state index in [1.54, 1.807) is 25.3 Å². The Hall–Kier alpha value is -1.52. The molecule has 2 rings (SSSR count). The van der Waals surface area contributed by atoms with E-state index >= 15 is 0 Å². The summed E-state index contributed by atoms with van der Waals surface area (Å²) in [5.41, 5.74) is 7.00. The molecule has 2 aromatic rings. The van der Waals surface area contributed by atoms with Crippen LogP contribution in [0.4, 0.5) is 0 Å². The minimum Gasteiger partial charge on any atom is -0.496 e. The van der Waals surface area contributed by atoms with E-state index in [1.165, 1.54) is 6.39 Å². The average Bonchev–Trinajstić information content (AvgIpc) is 2.76. The van der Waals surface area contributed by atoms with Gasteiger partial charge in [-0.3, -0.25) is 0 Å². The van der Waals surface area contributed by atoms with Crippen molar-refractivity contribution in [2.24, 2.45) is 5.73 Å². The first kappa shape index (κ1) is 11.0. The fraction of sp³-hybridized carbons (Fsp3) is 0.182. The summed E-state index contributed by atoms with van der Waals surface area (Å²) in [6.45, 7) is 0.307. The van der Waals surface area contributed by atoms with Crippen LogP contribution >= 0.6 is 11.6 Å². The number of methoxy groups -OCH3 is 1. The number of ether oxygens (including phenoxy) is 1. The molecule has 1 aromatic carbocycles. The van der Waals surface area contributed by atoms with Gasteiger partial charge in [-0.05, 0) is 18.2 Å². The summed E-state index contributed by atoms with van der Waals surface area (Å²) in [5, 5.41) is 0.607. The first-order valence-corrected chi connectivity index (χ1v) is 5.10. The van der Waals surface area contributed by atoms with Crippen molar-refractivity contribution in [2.45, 2.75) is 6.54 Å². The Morgan fingerprint density at radius 3 is 3.00 bits per heavy atom. The molecule has 84 valence electrons. The second-order valence-corrected chi connectivity index (χ2v) is 3.61. The molecule has 2 N–H and O–H groups in total. The van der Waals surface area contributed by atoms with Crippen LogP contribution in [0.15, 0.2) is 29.0 Å². The molecular weight excluding hydrogens is 228 g/mol. The van der Waals surface area contributed by atoms with E-state index in [9.17, 15) is 0 Å². The Kier molecular flexibility index (Phi) is 3.12. The van der Waals surface area contributed by atoms with E-state index in [4.69, 9.17) is 26.5 Å². The quantitative estimate of drug-likeness (QED) is 0.892. The van der Waals surface area contributed by atoms with Gasteiger partial charge in [0.05, 0.1) is 12.7 Å². The van der Waals surface area contributed by atoms with Gasteiger partial charge in [0.1, 0.15) is 11.4 Å². The van der Waals surface area contributed by atoms with Crippen LogP contribution in [-0.2, 0) is 6.54 Å². The normalized spacial score (nSPS) is 10.4. The van der Waals surface area contributed by atoms with Crippen LogP contribution in [0.3, 0.4) is 0 Å². The average molecular weight is 239 g/mol. The molecule has 0 amide bonds. The molecule has 0 aliphatic heterocycles. The lowest BCUT2D eigenvalue weighted by atomic mass is 10.1. The van der Waals surface area contributed by atoms with Crippen molar-refractivity contribution in [2.75, 3.05) is 7.11 Å². The fourth-order valence-electron chi connectivity index (χ4n) is 1.49. The van der Waals surface area contributed by atoms with Crippen molar-refractivity contribution >= 4 is 11.6 Å². The largest absolute Gasteiger partial charge is 0.496 e. The van der Waals surface area contributed by atoms with Crippen LogP contribution in [0.2, 0.25) is 5.02 Å². The lowest BCUT2D eigenvalue weighted by Crippen LogP contribution is -1.99. The van der Waals surface area contributed by atoms with Crippen molar-refractivity contribution in [1.29, 1.82) is 0 Å². The number of aromatic nitrogens is 1. The van der Waals surface area contributed by atoms with Crippen LogP contribution in [0, 0.1) is 0 Å². The molecule has 0 atom stereocenters. The zero-order valence-electron chi connectivity index (χ0n) is 8.74. The topological polar surface area (TPSA) is 61.3 Å². The summed E-state index contributed by atoms with van der Waals surface area (Å²) in [5.74, 6) is 1.28. The fourth-order valence-corrected chi connectivity index (χ4v) is 1.66. The molecule has 4 nitrogen and oxygen atoms in total. The number of benzene rings is 1. The van der Waals surface area contributed by atoms with Crippen LogP contribution in [0.5, 0.6) is 5.75 Å². The van der Waals surface area contributed by atoms with Gasteiger partial charge in [-0.2, -0.15) is 0 Å². The van der Waals surface area contributed by atoms with E-state index in [-0.39, 0.29) is 0 Å². The maximum atomic E-state index is 5.94. The standard InChI is InChI=1S/C11H11ClN2O2/c1-15-10-3-2-7(12)4-8(10)11-9(5-13)14-6-16-11/h2-4,6H,5,13H2,1H3. The molecule has 0 fully saturated rings. The van der Waals surface area contributed by atoms with Crippen molar-refractivity contribution in [1.82, 2.24) is 4.98 Å². The second kappa shape index (κ2) is 4.55. The highest BCUT2D eigenvalue weighted by molar-refractivity contribution is 6.30. The Bertz CT molecular complexity index is 496. The number of rotatable bonds is 3. The number of oxazole rings is 1. The first-order valence-electron chi connectivity index (χ1n) is 4.72. The molecule has 0 saturated heterocycles. The highest BCUT2D eigenvalue weighted by Gasteiger charge is 2.14. The maximum absolute atomic E-state index is 5.94. The molecule has 5 heteroatoms. The first-order chi connectivity index (χ1) is 7.76. The summed E-state index contributed by atoms with van der Waals surface area (Å²) in [6, 6.07) is 5.29. The molecule has 0 spiro atoms. The molecule has 0 aliphatic rings. The van der Waals surface area contributed by atoms with Crippen LogP contribution in [-0.4, -0.2) is 12.1 Å². The third-order valence-corrected chi connectivity index (χ3v) is 2.48. The van der Waals surface area contributed by atoms with Crippen molar-refractivity contribution in [3.05, 3.63) is 35.3 Å². The third-order valence-electron chi connectivity index (χ3n) is 2.24. The minimum atomic E-state index is 0.307. The van der Waals surface area contributed by atoms with Crippen LogP contribution in [0.25, 0.3) is 11.3 Å². The molecule has 0 aliphatic carbocycles. The molecule has 0 bridgehead atoms. The number of hydrogen-bond acceptors (Lipinski definition) is 4. The predicted octanol–water partition coefficient (Wildman–Crippen LogP) is 2.46. The monoisotopic (exact) mass is 238 g/mol. The summed E-state index contributed by atoms with van der Waals surface area (Å²) >= 11 is 5.94. The minimum absolute atomic E-state index is 0.307. The Labute approximate surface area is 98.0 Å². The van der Waals surface area contributed by atoms with Gasteiger partial charge >= 0.3 is 0 Å². The zero-order valence-corrected chi connectivity index (χ0v) is 9.49. The summed E-state index contributed by atoms with van der Waals surface area (Å²) in [6.07, 6.45) is 1.36. The van der Waals surface area contributed by atoms with E-state index in [0.29, 0.717) is 28.8 Å². The van der Waals surface area contributed by atoms with E-state index < -0.39 is 0 Å². The van der Waals surface area contributed by atoms with Crippen LogP contribution < -0.4 is 10.5 Å². The second-order valence-electron chi connectivity index (χ2n) is 3.18. The SMILES string of the molecule is COc1ccc(Cl)cc1-c1ocnc1CN. The number of nitrogens with two attached hydrogens (primary N) is 1. The van der Waals surface area contributed by atoms with Crippen LogP contribution in [0.1, 0.15) is 5.69 Å². The number of halogens is 1. The van der Waals surface area contributed by atoms with Crippen molar-refractivity contribution in [3.8, 4) is 17.1 Å². The van der Waals surface area contributed by atoms with Gasteiger partial charge in [0, 0.05) is 11.6 Å². The maximum Gasteiger partial charge on any atom is 0.181 e. The highest BCUT2D eigenvalue weighted by atomic mass is 35.5. The third kappa shape index (κ3) is 1.89. The van der Waals surface area contributed by atoms with Gasteiger partial charge in [0.25, 0.3) is 0 Å². The van der Waals surface area contributed by atoms with Gasteiger partial charge in [0.2, 0.25) is 0 Å². The highest BCUT2D eigenvalue weighted by Crippen LogP contribution is 2.34. The smallest absolute Gasteiger partial charge is 0.181 e. The van der Waals surface area contributed by atoms with E-state index in [0.717, 1.165) is 5.56 Å². The zero-order chi connectivity index (χ0) is 11.5. The summed E-state index contributed by atoms with van der Waals surface area (Å²) in [7, 11) is 1.59. The van der Waals surface area contributed by atoms with Crippen molar-refractivity contribution in [3.63, 3.8) is 0 Å². The molecular formula is C11H11ClN2O2. The molecule has 0 unspecified atom stereocenters. The lowest BCUT2D eigenvalue weighted by molar-refractivity contribution is 0.414. The van der Waals surface area contributed by atoms with Gasteiger partial charge in [-0.15, -0.1) is 0 Å². The molecule has 0 saturated carbocycles. The summed E-state index contributed by atoms with van der Waals surface area (Å²) < 4.78 is 10.5. The molecule has 0 radical (unpaired) electrons. The Morgan fingerprint density at radius 1 is 1.50 bits per heavy atom. The molecule has 1 aromatic heterocycles. The molecule has 1 heterocycles. The lowest BCUT2D eigenvalue weighted by Gasteiger charge is -2.07. The van der Waals surface area contributed by atoms with Gasteiger partial charge in [-0.25, -0.2) is 4.98 Å². The molecule has 16 heavy (non-hydrogen) atoms. The van der Waals surface area contributed by atoms with Gasteiger partial charge in [-0.1, -0.05) is 11.6 Å². The Balaban J connectivity index is 2.58. The number of hydrogen-bond donors (Lipinski definition) is 1. The Morgan fingerprint density at radius 2 is 2.31 bits per heavy atom. The number of nitrogens with zero attached hydrogens (tertiary/aromatic N) is 1. The van der Waals surface area contributed by atoms with E-state index in [1.807, 2.05) is 0 Å². The summed E-state index contributed by atoms with van der Waals surface area (Å²) in [4.78, 5) is 4.03. The van der Waals surface area contributed by atoms with Gasteiger partial charge < -0.3 is 14.9 Å². The van der Waals surface area contributed by atoms with Crippen molar-refractivity contribution < 1.29 is 9.15 Å². The predicted molar refractivity (Wildman–Crippen MR) is 61.4 cm³/mol.